The lowest BCUT2D eigenvalue weighted by molar-refractivity contribution is 0.288. The molecule has 0 aliphatic rings. The highest BCUT2D eigenvalue weighted by atomic mass is 15.1. The molecule has 0 saturated heterocycles. The molecule has 2 heterocycles. The van der Waals surface area contributed by atoms with E-state index in [1.807, 2.05) is 12.4 Å². The van der Waals surface area contributed by atoms with Crippen molar-refractivity contribution in [2.75, 3.05) is 14.1 Å². The summed E-state index contributed by atoms with van der Waals surface area (Å²) < 4.78 is 2.38. The number of benzene rings is 1. The number of nitrogens with zero attached hydrogens (tertiary/aromatic N) is 3. The van der Waals surface area contributed by atoms with E-state index in [9.17, 15) is 0 Å². The maximum absolute atomic E-state index is 4.29. The topological polar surface area (TPSA) is 21.1 Å². The highest BCUT2D eigenvalue weighted by Crippen LogP contribution is 2.28. The summed E-state index contributed by atoms with van der Waals surface area (Å²) in [5, 5.41) is 2.60. The van der Waals surface area contributed by atoms with Crippen LogP contribution in [-0.2, 0) is 6.54 Å². The molecule has 98 valence electrons. The Bertz CT molecular complexity index is 659. The fourth-order valence-corrected chi connectivity index (χ4v) is 2.52. The SMILES string of the molecule is CC(Cn1c2ccccc2c2ccncc21)N(C)C. The zero-order valence-electron chi connectivity index (χ0n) is 11.7. The van der Waals surface area contributed by atoms with Crippen LogP contribution >= 0.6 is 0 Å². The minimum Gasteiger partial charge on any atom is -0.338 e. The monoisotopic (exact) mass is 253 g/mol. The van der Waals surface area contributed by atoms with Crippen LogP contribution in [-0.4, -0.2) is 34.6 Å². The molecule has 0 radical (unpaired) electrons. The number of para-hydroxylation sites is 1. The Kier molecular flexibility index (Phi) is 2.99. The molecule has 2 aromatic heterocycles. The van der Waals surface area contributed by atoms with Gasteiger partial charge in [0, 0.05) is 35.1 Å². The predicted molar refractivity (Wildman–Crippen MR) is 80.4 cm³/mol. The molecule has 1 unspecified atom stereocenters. The third-order valence-electron chi connectivity index (χ3n) is 3.90. The van der Waals surface area contributed by atoms with Gasteiger partial charge >= 0.3 is 0 Å². The summed E-state index contributed by atoms with van der Waals surface area (Å²) in [6.07, 6.45) is 3.84. The lowest BCUT2D eigenvalue weighted by Gasteiger charge is -2.21. The molecule has 0 bridgehead atoms. The maximum Gasteiger partial charge on any atom is 0.0678 e. The largest absolute Gasteiger partial charge is 0.338 e. The molecule has 3 aromatic rings. The van der Waals surface area contributed by atoms with Crippen LogP contribution in [0.25, 0.3) is 21.8 Å². The Hall–Kier alpha value is -1.87. The van der Waals surface area contributed by atoms with Crippen LogP contribution in [0.15, 0.2) is 42.7 Å². The van der Waals surface area contributed by atoms with Crippen LogP contribution in [0.4, 0.5) is 0 Å². The van der Waals surface area contributed by atoms with Gasteiger partial charge in [0.05, 0.1) is 11.7 Å². The van der Waals surface area contributed by atoms with Crippen molar-refractivity contribution in [3.8, 4) is 0 Å². The summed E-state index contributed by atoms with van der Waals surface area (Å²) in [7, 11) is 4.24. The van der Waals surface area contributed by atoms with E-state index in [4.69, 9.17) is 0 Å². The molecule has 0 aliphatic heterocycles. The molecule has 3 rings (SSSR count). The van der Waals surface area contributed by atoms with Crippen LogP contribution in [0.2, 0.25) is 0 Å². The summed E-state index contributed by atoms with van der Waals surface area (Å²) in [6.45, 7) is 3.22. The van der Waals surface area contributed by atoms with Gasteiger partial charge < -0.3 is 9.47 Å². The Morgan fingerprint density at radius 2 is 1.84 bits per heavy atom. The second-order valence-electron chi connectivity index (χ2n) is 5.33. The first-order chi connectivity index (χ1) is 9.18. The normalized spacial score (nSPS) is 13.5. The van der Waals surface area contributed by atoms with Gasteiger partial charge in [0.15, 0.2) is 0 Å². The van der Waals surface area contributed by atoms with Crippen molar-refractivity contribution in [2.24, 2.45) is 0 Å². The van der Waals surface area contributed by atoms with Crippen molar-refractivity contribution in [1.29, 1.82) is 0 Å². The van der Waals surface area contributed by atoms with Crippen LogP contribution in [0.5, 0.6) is 0 Å². The van der Waals surface area contributed by atoms with Gasteiger partial charge in [-0.05, 0) is 33.2 Å². The Labute approximate surface area is 113 Å². The molecule has 0 N–H and O–H groups in total. The van der Waals surface area contributed by atoms with Gasteiger partial charge in [-0.2, -0.15) is 0 Å². The fourth-order valence-electron chi connectivity index (χ4n) is 2.52. The Morgan fingerprint density at radius 1 is 1.11 bits per heavy atom. The van der Waals surface area contributed by atoms with Gasteiger partial charge in [-0.25, -0.2) is 0 Å². The smallest absolute Gasteiger partial charge is 0.0678 e. The summed E-state index contributed by atoms with van der Waals surface area (Å²) in [5.41, 5.74) is 2.51. The Balaban J connectivity index is 2.25. The number of likely N-dealkylation sites (N-methyl/N-ethyl adjacent to an activating group) is 1. The molecule has 3 heteroatoms. The van der Waals surface area contributed by atoms with Gasteiger partial charge in [0.2, 0.25) is 0 Å². The lowest BCUT2D eigenvalue weighted by Crippen LogP contribution is -2.29. The van der Waals surface area contributed by atoms with Crippen molar-refractivity contribution in [1.82, 2.24) is 14.5 Å². The maximum atomic E-state index is 4.29. The van der Waals surface area contributed by atoms with E-state index in [1.165, 1.54) is 21.8 Å². The highest BCUT2D eigenvalue weighted by molar-refractivity contribution is 6.07. The molecule has 0 fully saturated rings. The average Bonchev–Trinajstić information content (AvgIpc) is 2.74. The highest BCUT2D eigenvalue weighted by Gasteiger charge is 2.13. The number of rotatable bonds is 3. The quantitative estimate of drug-likeness (QED) is 0.715. The van der Waals surface area contributed by atoms with E-state index in [0.717, 1.165) is 6.54 Å². The van der Waals surface area contributed by atoms with Crippen molar-refractivity contribution >= 4 is 21.8 Å². The predicted octanol–water partition coefficient (Wildman–Crippen LogP) is 3.14. The van der Waals surface area contributed by atoms with E-state index in [2.05, 4.69) is 65.8 Å². The van der Waals surface area contributed by atoms with E-state index in [-0.39, 0.29) is 0 Å². The standard InChI is InChI=1S/C16H19N3/c1-12(18(2)3)11-19-15-7-5-4-6-13(15)14-8-9-17-10-16(14)19/h4-10,12H,11H2,1-3H3. The van der Waals surface area contributed by atoms with Crippen molar-refractivity contribution < 1.29 is 0 Å². The number of aromatic nitrogens is 2. The molecule has 0 amide bonds. The van der Waals surface area contributed by atoms with Crippen molar-refractivity contribution in [3.63, 3.8) is 0 Å². The zero-order chi connectivity index (χ0) is 13.4. The third-order valence-corrected chi connectivity index (χ3v) is 3.90. The van der Waals surface area contributed by atoms with Crippen LogP contribution < -0.4 is 0 Å². The van der Waals surface area contributed by atoms with E-state index >= 15 is 0 Å². The first kappa shape index (κ1) is 12.2. The molecule has 1 aromatic carbocycles. The van der Waals surface area contributed by atoms with Gasteiger partial charge in [-0.3, -0.25) is 4.98 Å². The molecule has 19 heavy (non-hydrogen) atoms. The zero-order valence-corrected chi connectivity index (χ0v) is 11.7. The van der Waals surface area contributed by atoms with Crippen molar-refractivity contribution in [2.45, 2.75) is 19.5 Å². The average molecular weight is 253 g/mol. The minimum atomic E-state index is 0.485. The molecule has 1 atom stereocenters. The van der Waals surface area contributed by atoms with Gasteiger partial charge in [-0.1, -0.05) is 18.2 Å². The number of pyridine rings is 1. The molecule has 0 saturated carbocycles. The Morgan fingerprint density at radius 3 is 2.63 bits per heavy atom. The van der Waals surface area contributed by atoms with Crippen LogP contribution in [0, 0.1) is 0 Å². The second kappa shape index (κ2) is 4.67. The van der Waals surface area contributed by atoms with Gasteiger partial charge in [-0.15, -0.1) is 0 Å². The van der Waals surface area contributed by atoms with Crippen LogP contribution in [0.3, 0.4) is 0 Å². The number of hydrogen-bond donors (Lipinski definition) is 0. The second-order valence-corrected chi connectivity index (χ2v) is 5.33. The van der Waals surface area contributed by atoms with Gasteiger partial charge in [0.1, 0.15) is 0 Å². The lowest BCUT2D eigenvalue weighted by atomic mass is 10.2. The van der Waals surface area contributed by atoms with Gasteiger partial charge in [0.25, 0.3) is 0 Å². The molecule has 0 aliphatic carbocycles. The van der Waals surface area contributed by atoms with E-state index in [0.29, 0.717) is 6.04 Å². The van der Waals surface area contributed by atoms with Crippen molar-refractivity contribution in [3.05, 3.63) is 42.7 Å². The summed E-state index contributed by atoms with van der Waals surface area (Å²) >= 11 is 0. The fraction of sp³-hybridized carbons (Fsp3) is 0.312. The summed E-state index contributed by atoms with van der Waals surface area (Å²) in [5.74, 6) is 0. The van der Waals surface area contributed by atoms with E-state index in [1.54, 1.807) is 0 Å². The third kappa shape index (κ3) is 2.00. The first-order valence-electron chi connectivity index (χ1n) is 6.66. The molecule has 0 spiro atoms. The van der Waals surface area contributed by atoms with Crippen LogP contribution in [0.1, 0.15) is 6.92 Å². The first-order valence-corrected chi connectivity index (χ1v) is 6.66. The minimum absolute atomic E-state index is 0.485. The number of fused-ring (bicyclic) bond motifs is 3. The summed E-state index contributed by atoms with van der Waals surface area (Å²) in [4.78, 5) is 6.53. The molecular weight excluding hydrogens is 234 g/mol. The molecule has 3 nitrogen and oxygen atoms in total. The summed E-state index contributed by atoms with van der Waals surface area (Å²) in [6, 6.07) is 11.2. The van der Waals surface area contributed by atoms with E-state index < -0.39 is 0 Å². The molecular formula is C16H19N3. The number of hydrogen-bond acceptors (Lipinski definition) is 2.